The molecule has 0 saturated heterocycles. The maximum atomic E-state index is 8.10. The molecule has 6 nitrogen and oxygen atoms in total. The van der Waals surface area contributed by atoms with E-state index >= 15 is 0 Å². The van der Waals surface area contributed by atoms with Crippen LogP contribution in [0.1, 0.15) is 12.1 Å². The van der Waals surface area contributed by atoms with Gasteiger partial charge in [-0.2, -0.15) is 5.10 Å². The zero-order chi connectivity index (χ0) is 11.2. The third-order valence-electron chi connectivity index (χ3n) is 2.05. The third-order valence-corrected chi connectivity index (χ3v) is 2.05. The third kappa shape index (κ3) is 2.18. The van der Waals surface area contributed by atoms with Gasteiger partial charge in [0.05, 0.1) is 11.9 Å². The second-order valence-corrected chi connectivity index (χ2v) is 3.12. The van der Waals surface area contributed by atoms with Crippen molar-refractivity contribution in [1.82, 2.24) is 14.6 Å². The summed E-state index contributed by atoms with van der Waals surface area (Å²) in [5, 5.41) is 7.62. The smallest absolute Gasteiger partial charge is 0.154 e. The molecule has 0 fully saturated rings. The number of azide groups is 1. The average molecular weight is 214 g/mol. The van der Waals surface area contributed by atoms with E-state index in [9.17, 15) is 0 Å². The van der Waals surface area contributed by atoms with Crippen molar-refractivity contribution >= 4 is 11.7 Å². The van der Waals surface area contributed by atoms with Gasteiger partial charge in [-0.05, 0) is 30.2 Å². The topological polar surface area (TPSA) is 79.0 Å². The molecule has 0 aliphatic heterocycles. The fraction of sp³-hybridized carbons (Fsp3) is 0.200. The number of fused-ring (bicyclic) bond motifs is 1. The average Bonchev–Trinajstić information content (AvgIpc) is 2.73. The molecule has 0 radical (unpaired) electrons. The molecule has 0 spiro atoms. The fourth-order valence-electron chi connectivity index (χ4n) is 1.34. The van der Waals surface area contributed by atoms with Gasteiger partial charge in [0.15, 0.2) is 5.65 Å². The molecule has 0 bridgehead atoms. The van der Waals surface area contributed by atoms with Crippen LogP contribution in [0.3, 0.4) is 0 Å². The second kappa shape index (κ2) is 4.95. The molecule has 2 aromatic rings. The van der Waals surface area contributed by atoms with Crippen LogP contribution in [0.25, 0.3) is 22.2 Å². The van der Waals surface area contributed by atoms with E-state index in [0.29, 0.717) is 13.0 Å². The molecule has 2 rings (SSSR count). The first-order valence-corrected chi connectivity index (χ1v) is 4.88. The van der Waals surface area contributed by atoms with Gasteiger partial charge in [0, 0.05) is 17.7 Å². The number of aromatic nitrogens is 3. The summed E-state index contributed by atoms with van der Waals surface area (Å²) in [7, 11) is 0. The van der Waals surface area contributed by atoms with Gasteiger partial charge in [-0.25, -0.2) is 9.50 Å². The lowest BCUT2D eigenvalue weighted by Gasteiger charge is -1.93. The van der Waals surface area contributed by atoms with Crippen molar-refractivity contribution in [2.75, 3.05) is 6.54 Å². The van der Waals surface area contributed by atoms with Crippen LogP contribution in [0, 0.1) is 0 Å². The SMILES string of the molecule is [N-]=[N+]=NCCC=Cc1cnc2cccnn12. The van der Waals surface area contributed by atoms with Crippen molar-refractivity contribution in [3.63, 3.8) is 0 Å². The number of hydrogen-bond acceptors (Lipinski definition) is 3. The van der Waals surface area contributed by atoms with Gasteiger partial charge in [0.2, 0.25) is 0 Å². The van der Waals surface area contributed by atoms with E-state index in [0.717, 1.165) is 11.3 Å². The Bertz CT molecular complexity index is 549. The first kappa shape index (κ1) is 10.2. The molecule has 0 amide bonds. The summed E-state index contributed by atoms with van der Waals surface area (Å²) in [6.45, 7) is 0.469. The molecule has 0 aromatic carbocycles. The summed E-state index contributed by atoms with van der Waals surface area (Å²) in [6.07, 6.45) is 8.04. The normalized spacial score (nSPS) is 10.8. The predicted molar refractivity (Wildman–Crippen MR) is 60.7 cm³/mol. The van der Waals surface area contributed by atoms with E-state index in [4.69, 9.17) is 5.53 Å². The lowest BCUT2D eigenvalue weighted by atomic mass is 10.3. The van der Waals surface area contributed by atoms with E-state index in [1.54, 1.807) is 16.9 Å². The van der Waals surface area contributed by atoms with Crippen LogP contribution in [0.5, 0.6) is 0 Å². The minimum Gasteiger partial charge on any atom is -0.235 e. The van der Waals surface area contributed by atoms with Gasteiger partial charge < -0.3 is 0 Å². The van der Waals surface area contributed by atoms with Gasteiger partial charge in [0.1, 0.15) is 0 Å². The molecule has 0 aliphatic carbocycles. The van der Waals surface area contributed by atoms with Crippen molar-refractivity contribution < 1.29 is 0 Å². The fourth-order valence-corrected chi connectivity index (χ4v) is 1.34. The summed E-state index contributed by atoms with van der Waals surface area (Å²) >= 11 is 0. The van der Waals surface area contributed by atoms with Crippen LogP contribution in [0.2, 0.25) is 0 Å². The molecule has 0 unspecified atom stereocenters. The predicted octanol–water partition coefficient (Wildman–Crippen LogP) is 2.44. The number of hydrogen-bond donors (Lipinski definition) is 0. The first-order chi connectivity index (χ1) is 7.92. The molecule has 0 atom stereocenters. The molecular formula is C10H10N6. The van der Waals surface area contributed by atoms with Crippen LogP contribution in [-0.4, -0.2) is 21.1 Å². The van der Waals surface area contributed by atoms with Crippen LogP contribution in [0.4, 0.5) is 0 Å². The number of imidazole rings is 1. The minimum absolute atomic E-state index is 0.469. The van der Waals surface area contributed by atoms with Crippen LogP contribution in [-0.2, 0) is 0 Å². The van der Waals surface area contributed by atoms with E-state index in [2.05, 4.69) is 20.1 Å². The molecule has 0 saturated carbocycles. The molecule has 0 aliphatic rings. The number of rotatable bonds is 4. The molecule has 2 heterocycles. The number of nitrogens with zero attached hydrogens (tertiary/aromatic N) is 6. The zero-order valence-electron chi connectivity index (χ0n) is 8.56. The quantitative estimate of drug-likeness (QED) is 0.339. The Hall–Kier alpha value is -2.33. The van der Waals surface area contributed by atoms with E-state index in [1.807, 2.05) is 24.3 Å². The molecule has 6 heteroatoms. The Kier molecular flexibility index (Phi) is 3.15. The summed E-state index contributed by atoms with van der Waals surface area (Å²) < 4.78 is 1.75. The molecular weight excluding hydrogens is 204 g/mol. The highest BCUT2D eigenvalue weighted by Crippen LogP contribution is 2.05. The second-order valence-electron chi connectivity index (χ2n) is 3.12. The highest BCUT2D eigenvalue weighted by Gasteiger charge is 1.98. The van der Waals surface area contributed by atoms with E-state index in [1.165, 1.54) is 0 Å². The van der Waals surface area contributed by atoms with Crippen molar-refractivity contribution in [2.45, 2.75) is 6.42 Å². The monoisotopic (exact) mass is 214 g/mol. The highest BCUT2D eigenvalue weighted by atomic mass is 15.2. The van der Waals surface area contributed by atoms with Crippen LogP contribution < -0.4 is 0 Å². The highest BCUT2D eigenvalue weighted by molar-refractivity contribution is 5.50. The Morgan fingerprint density at radius 3 is 3.38 bits per heavy atom. The van der Waals surface area contributed by atoms with Gasteiger partial charge >= 0.3 is 0 Å². The summed E-state index contributed by atoms with van der Waals surface area (Å²) in [4.78, 5) is 6.88. The van der Waals surface area contributed by atoms with E-state index < -0.39 is 0 Å². The molecule has 16 heavy (non-hydrogen) atoms. The van der Waals surface area contributed by atoms with Crippen LogP contribution in [0.15, 0.2) is 35.7 Å². The van der Waals surface area contributed by atoms with Crippen molar-refractivity contribution in [1.29, 1.82) is 0 Å². The molecule has 0 N–H and O–H groups in total. The lowest BCUT2D eigenvalue weighted by molar-refractivity contribution is 0.924. The minimum atomic E-state index is 0.469. The largest absolute Gasteiger partial charge is 0.235 e. The lowest BCUT2D eigenvalue weighted by Crippen LogP contribution is -1.91. The summed E-state index contributed by atoms with van der Waals surface area (Å²) in [5.41, 5.74) is 9.83. The van der Waals surface area contributed by atoms with Gasteiger partial charge in [0.25, 0.3) is 0 Å². The molecule has 80 valence electrons. The summed E-state index contributed by atoms with van der Waals surface area (Å²) in [5.74, 6) is 0. The van der Waals surface area contributed by atoms with Crippen molar-refractivity contribution in [2.24, 2.45) is 5.11 Å². The van der Waals surface area contributed by atoms with Crippen LogP contribution >= 0.6 is 0 Å². The van der Waals surface area contributed by atoms with Gasteiger partial charge in [-0.1, -0.05) is 11.2 Å². The first-order valence-electron chi connectivity index (χ1n) is 4.88. The Balaban J connectivity index is 2.12. The molecule has 2 aromatic heterocycles. The summed E-state index contributed by atoms with van der Waals surface area (Å²) in [6, 6.07) is 3.74. The van der Waals surface area contributed by atoms with E-state index in [-0.39, 0.29) is 0 Å². The zero-order valence-corrected chi connectivity index (χ0v) is 8.56. The standard InChI is InChI=1S/C10H10N6/c11-15-13-6-2-1-4-9-8-12-10-5-3-7-14-16(9)10/h1,3-5,7-8H,2,6H2. The van der Waals surface area contributed by atoms with Crippen molar-refractivity contribution in [3.05, 3.63) is 46.7 Å². The van der Waals surface area contributed by atoms with Gasteiger partial charge in [-0.3, -0.25) is 0 Å². The Morgan fingerprint density at radius 2 is 2.50 bits per heavy atom. The van der Waals surface area contributed by atoms with Gasteiger partial charge in [-0.15, -0.1) is 0 Å². The Morgan fingerprint density at radius 1 is 1.56 bits per heavy atom. The maximum absolute atomic E-state index is 8.10. The maximum Gasteiger partial charge on any atom is 0.154 e. The Labute approximate surface area is 91.9 Å². The van der Waals surface area contributed by atoms with Crippen molar-refractivity contribution in [3.8, 4) is 0 Å².